The number of likely N-dealkylation sites (N-methyl/N-ethyl adjacent to an activating group) is 1. The van der Waals surface area contributed by atoms with Gasteiger partial charge in [-0.25, -0.2) is 5.06 Å². The highest BCUT2D eigenvalue weighted by Crippen LogP contribution is 2.32. The van der Waals surface area contributed by atoms with Crippen molar-refractivity contribution in [1.29, 1.82) is 0 Å². The number of aliphatic imine (C=N–C) groups is 1. The van der Waals surface area contributed by atoms with E-state index in [-0.39, 0.29) is 23.5 Å². The highest BCUT2D eigenvalue weighted by Gasteiger charge is 2.30. The van der Waals surface area contributed by atoms with Crippen LogP contribution >= 0.6 is 0 Å². The zero-order chi connectivity index (χ0) is 24.5. The van der Waals surface area contributed by atoms with Gasteiger partial charge >= 0.3 is 5.97 Å². The molecule has 0 bridgehead atoms. The van der Waals surface area contributed by atoms with Crippen LogP contribution in [0.5, 0.6) is 5.75 Å². The maximum absolute atomic E-state index is 12.0. The van der Waals surface area contributed by atoms with Crippen molar-refractivity contribution in [2.24, 2.45) is 22.1 Å². The van der Waals surface area contributed by atoms with Gasteiger partial charge in [-0.1, -0.05) is 32.9 Å². The first kappa shape index (κ1) is 27.7. The van der Waals surface area contributed by atoms with Crippen molar-refractivity contribution in [2.75, 3.05) is 41.9 Å². The molecule has 3 unspecified atom stereocenters. The molecule has 1 aromatic rings. The number of hydrogen-bond donors (Lipinski definition) is 1. The third-order valence-corrected chi connectivity index (χ3v) is 5.83. The summed E-state index contributed by atoms with van der Waals surface area (Å²) in [4.78, 5) is 23.7. The van der Waals surface area contributed by atoms with Crippen molar-refractivity contribution in [1.82, 2.24) is 9.96 Å². The topological polar surface area (TPSA) is 89.6 Å². The predicted octanol–water partition coefficient (Wildman–Crippen LogP) is 2.96. The minimum atomic E-state index is -0.309. The summed E-state index contributed by atoms with van der Waals surface area (Å²) in [7, 11) is 8.56. The van der Waals surface area contributed by atoms with E-state index in [9.17, 15) is 4.79 Å². The Balaban J connectivity index is 2.60. The lowest BCUT2D eigenvalue weighted by Crippen LogP contribution is -2.41. The van der Waals surface area contributed by atoms with Crippen LogP contribution in [0.15, 0.2) is 29.3 Å². The van der Waals surface area contributed by atoms with Gasteiger partial charge in [0.2, 0.25) is 5.96 Å². The summed E-state index contributed by atoms with van der Waals surface area (Å²) >= 11 is 0. The summed E-state index contributed by atoms with van der Waals surface area (Å²) in [6.07, 6.45) is 1.46. The molecule has 0 aliphatic heterocycles. The van der Waals surface area contributed by atoms with E-state index in [1.807, 2.05) is 50.2 Å². The predicted molar refractivity (Wildman–Crippen MR) is 129 cm³/mol. The molecule has 0 aliphatic carbocycles. The molecule has 0 heterocycles. The minimum Gasteiger partial charge on any atom is -0.493 e. The number of esters is 1. The molecule has 0 fully saturated rings. The summed E-state index contributed by atoms with van der Waals surface area (Å²) in [6, 6.07) is 7.58. The molecule has 0 aromatic heterocycles. The molecular weight excluding hydrogens is 408 g/mol. The fourth-order valence-electron chi connectivity index (χ4n) is 3.49. The van der Waals surface area contributed by atoms with Gasteiger partial charge < -0.3 is 15.2 Å². The van der Waals surface area contributed by atoms with Gasteiger partial charge in [0, 0.05) is 14.1 Å². The Morgan fingerprint density at radius 3 is 2.25 bits per heavy atom. The highest BCUT2D eigenvalue weighted by molar-refractivity contribution is 5.76. The largest absolute Gasteiger partial charge is 0.493 e. The van der Waals surface area contributed by atoms with Gasteiger partial charge in [-0.2, -0.15) is 0 Å². The molecule has 0 radical (unpaired) electrons. The number of carbonyl (C=O) groups is 1. The zero-order valence-corrected chi connectivity index (χ0v) is 21.2. The maximum atomic E-state index is 12.0. The second-order valence-corrected chi connectivity index (χ2v) is 9.29. The fraction of sp³-hybridized carbons (Fsp3) is 0.667. The lowest BCUT2D eigenvalue weighted by molar-refractivity contribution is -0.165. The average Bonchev–Trinajstić information content (AvgIpc) is 2.74. The number of guanidine groups is 1. The van der Waals surface area contributed by atoms with Crippen LogP contribution in [-0.2, 0) is 20.8 Å². The Bertz CT molecular complexity index is 734. The van der Waals surface area contributed by atoms with Crippen molar-refractivity contribution in [3.8, 4) is 5.75 Å². The molecule has 0 saturated carbocycles. The van der Waals surface area contributed by atoms with E-state index in [0.717, 1.165) is 17.7 Å². The van der Waals surface area contributed by atoms with E-state index in [0.29, 0.717) is 24.9 Å². The van der Waals surface area contributed by atoms with Crippen LogP contribution in [0.2, 0.25) is 0 Å². The maximum Gasteiger partial charge on any atom is 0.323 e. The van der Waals surface area contributed by atoms with Gasteiger partial charge in [0.15, 0.2) is 0 Å². The van der Waals surface area contributed by atoms with Gasteiger partial charge in [-0.3, -0.25) is 19.5 Å². The number of nitrogens with zero attached hydrogens (tertiary/aromatic N) is 3. The zero-order valence-electron chi connectivity index (χ0n) is 21.2. The number of carbonyl (C=O) groups excluding carboxylic acids is 1. The highest BCUT2D eigenvalue weighted by atomic mass is 16.7. The molecule has 0 spiro atoms. The van der Waals surface area contributed by atoms with E-state index >= 15 is 0 Å². The third kappa shape index (κ3) is 8.67. The van der Waals surface area contributed by atoms with E-state index in [1.165, 1.54) is 12.2 Å². The Hall–Kier alpha value is -2.32. The fourth-order valence-corrected chi connectivity index (χ4v) is 3.49. The van der Waals surface area contributed by atoms with Crippen molar-refractivity contribution >= 4 is 11.9 Å². The molecule has 3 atom stereocenters. The van der Waals surface area contributed by atoms with E-state index in [1.54, 1.807) is 14.1 Å². The second kappa shape index (κ2) is 12.6. The van der Waals surface area contributed by atoms with Crippen molar-refractivity contribution < 1.29 is 19.1 Å². The van der Waals surface area contributed by atoms with Gasteiger partial charge in [-0.15, -0.1) is 0 Å². The van der Waals surface area contributed by atoms with Crippen LogP contribution in [0.25, 0.3) is 0 Å². The Kier molecular flexibility index (Phi) is 11.0. The van der Waals surface area contributed by atoms with Crippen LogP contribution in [-0.4, -0.2) is 75.9 Å². The number of hydroxylamine groups is 2. The Morgan fingerprint density at radius 1 is 1.16 bits per heavy atom. The van der Waals surface area contributed by atoms with Crippen LogP contribution in [0.1, 0.15) is 39.7 Å². The van der Waals surface area contributed by atoms with Gasteiger partial charge in [-0.05, 0) is 62.9 Å². The molecule has 32 heavy (non-hydrogen) atoms. The molecule has 0 saturated heterocycles. The number of rotatable bonds is 12. The minimum absolute atomic E-state index is 0.0472. The van der Waals surface area contributed by atoms with Gasteiger partial charge in [0.05, 0.1) is 19.8 Å². The van der Waals surface area contributed by atoms with E-state index < -0.39 is 0 Å². The first-order valence-corrected chi connectivity index (χ1v) is 11.0. The number of ether oxygens (including phenoxy) is 2. The molecule has 0 amide bonds. The molecule has 1 rings (SSSR count). The molecule has 8 nitrogen and oxygen atoms in total. The van der Waals surface area contributed by atoms with Crippen molar-refractivity contribution in [2.45, 2.75) is 52.7 Å². The Morgan fingerprint density at radius 2 is 1.75 bits per heavy atom. The Labute approximate surface area is 193 Å². The first-order valence-electron chi connectivity index (χ1n) is 11.0. The van der Waals surface area contributed by atoms with Crippen molar-refractivity contribution in [3.63, 3.8) is 0 Å². The van der Waals surface area contributed by atoms with Gasteiger partial charge in [0.1, 0.15) is 11.8 Å². The summed E-state index contributed by atoms with van der Waals surface area (Å²) in [5.74, 6) is 1.25. The number of benzene rings is 1. The molecule has 182 valence electrons. The van der Waals surface area contributed by atoms with Crippen LogP contribution in [0, 0.1) is 11.3 Å². The molecule has 8 heteroatoms. The third-order valence-electron chi connectivity index (χ3n) is 5.83. The molecule has 2 N–H and O–H groups in total. The average molecular weight is 451 g/mol. The summed E-state index contributed by atoms with van der Waals surface area (Å²) in [5, 5.41) is 1.51. The first-order chi connectivity index (χ1) is 14.9. The lowest BCUT2D eigenvalue weighted by Gasteiger charge is -2.36. The number of hydrogen-bond acceptors (Lipinski definition) is 6. The molecular formula is C24H42N4O4. The van der Waals surface area contributed by atoms with Crippen LogP contribution in [0.3, 0.4) is 0 Å². The summed E-state index contributed by atoms with van der Waals surface area (Å²) < 4.78 is 10.9. The van der Waals surface area contributed by atoms with Crippen LogP contribution < -0.4 is 10.5 Å². The lowest BCUT2D eigenvalue weighted by atomic mass is 9.79. The molecule has 0 aliphatic rings. The molecule has 1 aromatic carbocycles. The summed E-state index contributed by atoms with van der Waals surface area (Å²) in [5.41, 5.74) is 6.78. The normalized spacial score (nSPS) is 15.2. The SMILES string of the molecule is CN=C(N)N(C)OC(C)C(C)(C)CC(C)COc1ccc(CC(C(=O)OC)N(C)C)cc1. The van der Waals surface area contributed by atoms with Crippen molar-refractivity contribution in [3.05, 3.63) is 29.8 Å². The number of methoxy groups -OCH3 is 1. The van der Waals surface area contributed by atoms with Gasteiger partial charge in [0.25, 0.3) is 0 Å². The standard InChI is InChI=1S/C24H42N4O4/c1-17(15-24(3,4)18(2)32-28(8)23(25)26-5)16-31-20-12-10-19(11-13-20)14-21(27(6)7)22(29)30-9/h10-13,17-18,21H,14-16H2,1-9H3,(H2,25,26). The van der Waals surface area contributed by atoms with E-state index in [2.05, 4.69) is 25.8 Å². The second-order valence-electron chi connectivity index (χ2n) is 9.29. The number of nitrogens with two attached hydrogens (primary N) is 1. The smallest absolute Gasteiger partial charge is 0.323 e. The quantitative estimate of drug-likeness (QED) is 0.227. The van der Waals surface area contributed by atoms with E-state index in [4.69, 9.17) is 20.0 Å². The summed E-state index contributed by atoms with van der Waals surface area (Å²) in [6.45, 7) is 9.18. The van der Waals surface area contributed by atoms with Crippen LogP contribution in [0.4, 0.5) is 0 Å². The monoisotopic (exact) mass is 450 g/mol.